The fourth-order valence-electron chi connectivity index (χ4n) is 0.637. The van der Waals surface area contributed by atoms with Crippen molar-refractivity contribution in [2.45, 2.75) is 6.92 Å². The Kier molecular flexibility index (Phi) is 7.73. The zero-order valence-corrected chi connectivity index (χ0v) is 7.34. The number of amides is 1. The standard InChI is InChI=1S/C7H16N2O3/c1-2-11-5-3-9-4-6-12-7(8)10/h9H,2-6H2,1H3,(H2,8,10). The first-order chi connectivity index (χ1) is 5.77. The third-order valence-electron chi connectivity index (χ3n) is 1.15. The van der Waals surface area contributed by atoms with Crippen molar-refractivity contribution in [3.05, 3.63) is 0 Å². The summed E-state index contributed by atoms with van der Waals surface area (Å²) in [5.41, 5.74) is 4.74. The number of primary amides is 1. The molecule has 12 heavy (non-hydrogen) atoms. The quantitative estimate of drug-likeness (QED) is 0.523. The second-order valence-corrected chi connectivity index (χ2v) is 2.11. The van der Waals surface area contributed by atoms with Crippen LogP contribution in [0.2, 0.25) is 0 Å². The van der Waals surface area contributed by atoms with Crippen LogP contribution in [0, 0.1) is 0 Å². The van der Waals surface area contributed by atoms with E-state index in [1.807, 2.05) is 6.92 Å². The zero-order chi connectivity index (χ0) is 9.23. The van der Waals surface area contributed by atoms with Crippen LogP contribution in [0.15, 0.2) is 0 Å². The third-order valence-corrected chi connectivity index (χ3v) is 1.15. The van der Waals surface area contributed by atoms with Crippen molar-refractivity contribution in [1.29, 1.82) is 0 Å². The van der Waals surface area contributed by atoms with E-state index in [-0.39, 0.29) is 0 Å². The van der Waals surface area contributed by atoms with Gasteiger partial charge in [0.15, 0.2) is 0 Å². The summed E-state index contributed by atoms with van der Waals surface area (Å²) in [6, 6.07) is 0. The van der Waals surface area contributed by atoms with Crippen molar-refractivity contribution in [3.8, 4) is 0 Å². The Labute approximate surface area is 72.2 Å². The van der Waals surface area contributed by atoms with Gasteiger partial charge in [0.05, 0.1) is 6.61 Å². The minimum atomic E-state index is -0.735. The number of carbonyl (C=O) groups excluding carboxylic acids is 1. The zero-order valence-electron chi connectivity index (χ0n) is 7.34. The fraction of sp³-hybridized carbons (Fsp3) is 0.857. The topological polar surface area (TPSA) is 73.6 Å². The van der Waals surface area contributed by atoms with Gasteiger partial charge in [-0.05, 0) is 6.92 Å². The SMILES string of the molecule is CCOCCNCCOC(N)=O. The number of ether oxygens (including phenoxy) is 2. The van der Waals surface area contributed by atoms with Crippen LogP contribution in [0.25, 0.3) is 0 Å². The molecule has 0 aromatic carbocycles. The van der Waals surface area contributed by atoms with Crippen LogP contribution in [0.1, 0.15) is 6.92 Å². The van der Waals surface area contributed by atoms with Gasteiger partial charge in [0.2, 0.25) is 0 Å². The molecule has 1 amide bonds. The van der Waals surface area contributed by atoms with Gasteiger partial charge in [0.1, 0.15) is 6.61 Å². The first-order valence-electron chi connectivity index (χ1n) is 3.98. The minimum Gasteiger partial charge on any atom is -0.448 e. The van der Waals surface area contributed by atoms with Crippen LogP contribution in [-0.2, 0) is 9.47 Å². The molecule has 72 valence electrons. The van der Waals surface area contributed by atoms with Gasteiger partial charge in [0.25, 0.3) is 0 Å². The van der Waals surface area contributed by atoms with Gasteiger partial charge in [-0.3, -0.25) is 0 Å². The van der Waals surface area contributed by atoms with Gasteiger partial charge in [0, 0.05) is 19.7 Å². The van der Waals surface area contributed by atoms with E-state index in [1.54, 1.807) is 0 Å². The second-order valence-electron chi connectivity index (χ2n) is 2.11. The highest BCUT2D eigenvalue weighted by atomic mass is 16.5. The lowest BCUT2D eigenvalue weighted by molar-refractivity contribution is 0.142. The maximum atomic E-state index is 10.1. The van der Waals surface area contributed by atoms with E-state index in [9.17, 15) is 4.79 Å². The number of nitrogens with two attached hydrogens (primary N) is 1. The maximum Gasteiger partial charge on any atom is 0.404 e. The van der Waals surface area contributed by atoms with Gasteiger partial charge in [-0.15, -0.1) is 0 Å². The van der Waals surface area contributed by atoms with E-state index >= 15 is 0 Å². The van der Waals surface area contributed by atoms with E-state index < -0.39 is 6.09 Å². The summed E-state index contributed by atoms with van der Waals surface area (Å²) < 4.78 is 9.55. The van der Waals surface area contributed by atoms with E-state index in [2.05, 4.69) is 10.1 Å². The van der Waals surface area contributed by atoms with Gasteiger partial charge < -0.3 is 20.5 Å². The first kappa shape index (κ1) is 11.2. The number of carbonyl (C=O) groups is 1. The van der Waals surface area contributed by atoms with Crippen molar-refractivity contribution in [3.63, 3.8) is 0 Å². The molecule has 5 nitrogen and oxygen atoms in total. The number of hydrogen-bond donors (Lipinski definition) is 2. The first-order valence-corrected chi connectivity index (χ1v) is 3.98. The molecule has 0 radical (unpaired) electrons. The predicted octanol–water partition coefficient (Wildman–Crippen LogP) is -0.292. The van der Waals surface area contributed by atoms with E-state index in [0.717, 1.165) is 13.2 Å². The van der Waals surface area contributed by atoms with Gasteiger partial charge >= 0.3 is 6.09 Å². The van der Waals surface area contributed by atoms with Crippen molar-refractivity contribution in [1.82, 2.24) is 5.32 Å². The number of nitrogens with one attached hydrogen (secondary N) is 1. The highest BCUT2D eigenvalue weighted by molar-refractivity contribution is 5.64. The molecule has 3 N–H and O–H groups in total. The molecule has 0 aromatic rings. The van der Waals surface area contributed by atoms with Gasteiger partial charge in [-0.1, -0.05) is 0 Å². The van der Waals surface area contributed by atoms with E-state index in [4.69, 9.17) is 10.5 Å². The monoisotopic (exact) mass is 176 g/mol. The Hall–Kier alpha value is -0.810. The summed E-state index contributed by atoms with van der Waals surface area (Å²) >= 11 is 0. The third kappa shape index (κ3) is 9.19. The molecule has 0 aromatic heterocycles. The fourth-order valence-corrected chi connectivity index (χ4v) is 0.637. The van der Waals surface area contributed by atoms with Crippen LogP contribution in [-0.4, -0.2) is 39.0 Å². The van der Waals surface area contributed by atoms with Crippen molar-refractivity contribution in [2.24, 2.45) is 5.73 Å². The van der Waals surface area contributed by atoms with E-state index in [1.165, 1.54) is 0 Å². The Balaban J connectivity index is 2.86. The molecule has 0 aliphatic rings. The number of hydrogen-bond acceptors (Lipinski definition) is 4. The molecular formula is C7H16N2O3. The van der Waals surface area contributed by atoms with Crippen molar-refractivity contribution in [2.75, 3.05) is 32.9 Å². The van der Waals surface area contributed by atoms with Crippen LogP contribution in [0.4, 0.5) is 4.79 Å². The molecule has 0 unspecified atom stereocenters. The molecule has 5 heteroatoms. The summed E-state index contributed by atoms with van der Waals surface area (Å²) in [5, 5.41) is 3.02. The predicted molar refractivity (Wildman–Crippen MR) is 44.9 cm³/mol. The highest BCUT2D eigenvalue weighted by Crippen LogP contribution is 1.73. The minimum absolute atomic E-state index is 0.307. The molecule has 0 rings (SSSR count). The van der Waals surface area contributed by atoms with Crippen molar-refractivity contribution >= 4 is 6.09 Å². The molecule has 0 spiro atoms. The van der Waals surface area contributed by atoms with Crippen LogP contribution in [0.5, 0.6) is 0 Å². The largest absolute Gasteiger partial charge is 0.448 e. The summed E-state index contributed by atoms with van der Waals surface area (Å²) in [4.78, 5) is 10.1. The van der Waals surface area contributed by atoms with Crippen LogP contribution < -0.4 is 11.1 Å². The molecule has 0 heterocycles. The number of rotatable bonds is 7. The molecule has 0 atom stereocenters. The average Bonchev–Trinajstić information content (AvgIpc) is 2.02. The van der Waals surface area contributed by atoms with E-state index in [0.29, 0.717) is 19.8 Å². The van der Waals surface area contributed by atoms with Gasteiger partial charge in [-0.2, -0.15) is 0 Å². The summed E-state index contributed by atoms with van der Waals surface area (Å²) in [7, 11) is 0. The summed E-state index contributed by atoms with van der Waals surface area (Å²) in [6.07, 6.45) is -0.735. The Morgan fingerprint density at radius 2 is 2.08 bits per heavy atom. The molecule has 0 aliphatic heterocycles. The molecule has 0 saturated heterocycles. The normalized spacial score (nSPS) is 9.75. The van der Waals surface area contributed by atoms with Gasteiger partial charge in [-0.25, -0.2) is 4.79 Å². The lowest BCUT2D eigenvalue weighted by Gasteiger charge is -2.04. The smallest absolute Gasteiger partial charge is 0.404 e. The summed E-state index contributed by atoms with van der Waals surface area (Å²) in [6.45, 7) is 5.01. The molecule has 0 saturated carbocycles. The Morgan fingerprint density at radius 3 is 2.67 bits per heavy atom. The molecule has 0 fully saturated rings. The summed E-state index contributed by atoms with van der Waals surface area (Å²) in [5.74, 6) is 0. The van der Waals surface area contributed by atoms with Crippen LogP contribution in [0.3, 0.4) is 0 Å². The highest BCUT2D eigenvalue weighted by Gasteiger charge is 1.91. The average molecular weight is 176 g/mol. The lowest BCUT2D eigenvalue weighted by Crippen LogP contribution is -2.26. The molecule has 0 aliphatic carbocycles. The van der Waals surface area contributed by atoms with Crippen molar-refractivity contribution < 1.29 is 14.3 Å². The molecule has 0 bridgehead atoms. The molecular weight excluding hydrogens is 160 g/mol. The lowest BCUT2D eigenvalue weighted by atomic mass is 10.6. The Morgan fingerprint density at radius 1 is 1.42 bits per heavy atom. The van der Waals surface area contributed by atoms with Crippen LogP contribution >= 0.6 is 0 Å². The Bertz CT molecular complexity index is 119. The second kappa shape index (κ2) is 8.29. The maximum absolute atomic E-state index is 10.1.